The molecule has 2 N–H and O–H groups in total. The van der Waals surface area contributed by atoms with Gasteiger partial charge in [-0.3, -0.25) is 0 Å². The Morgan fingerprint density at radius 1 is 1.16 bits per heavy atom. The number of rotatable bonds is 7. The van der Waals surface area contributed by atoms with Gasteiger partial charge in [-0.25, -0.2) is 13.1 Å². The van der Waals surface area contributed by atoms with E-state index in [0.717, 1.165) is 5.69 Å². The topological polar surface area (TPSA) is 80.4 Å². The molecule has 0 aliphatic rings. The Morgan fingerprint density at radius 3 is 2.47 bits per heavy atom. The third-order valence-corrected chi connectivity index (χ3v) is 7.28. The summed E-state index contributed by atoms with van der Waals surface area (Å²) < 4.78 is 75.4. The van der Waals surface area contributed by atoms with Crippen molar-refractivity contribution in [3.8, 4) is 11.5 Å². The molecular formula is C21H22ClF3N2O4S. The fourth-order valence-corrected chi connectivity index (χ4v) is 5.29. The van der Waals surface area contributed by atoms with Crippen molar-refractivity contribution in [1.29, 1.82) is 0 Å². The molecule has 0 aliphatic heterocycles. The molecular weight excluding hydrogens is 469 g/mol. The third-order valence-electron chi connectivity index (χ3n) is 5.07. The Hall–Kier alpha value is -2.43. The van der Waals surface area contributed by atoms with E-state index in [0.29, 0.717) is 32.6 Å². The molecule has 0 unspecified atom stereocenters. The number of fused-ring (bicyclic) bond motifs is 1. The van der Waals surface area contributed by atoms with E-state index in [1.807, 2.05) is 0 Å². The predicted octanol–water partition coefficient (Wildman–Crippen LogP) is 5.17. The average molecular weight is 491 g/mol. The average Bonchev–Trinajstić information content (AvgIpc) is 2.99. The standard InChI is InChI=1S/C21H22ClF3N2O4S/c1-11-9-18(30-4)20(12(2)19(11)22)32(28,29)26-8-7-15-13(3)27-17-6-5-14(10-16(15)17)31-21(23,24)25/h5-6,9-10,26-27H,7-8H2,1-4H3. The van der Waals surface area contributed by atoms with Crippen LogP contribution in [0.25, 0.3) is 10.9 Å². The lowest BCUT2D eigenvalue weighted by molar-refractivity contribution is -0.274. The van der Waals surface area contributed by atoms with Gasteiger partial charge in [-0.1, -0.05) is 11.6 Å². The van der Waals surface area contributed by atoms with E-state index >= 15 is 0 Å². The summed E-state index contributed by atoms with van der Waals surface area (Å²) in [6, 6.07) is 5.53. The van der Waals surface area contributed by atoms with Crippen molar-refractivity contribution in [1.82, 2.24) is 9.71 Å². The predicted molar refractivity (Wildman–Crippen MR) is 116 cm³/mol. The molecule has 1 aromatic heterocycles. The minimum atomic E-state index is -4.80. The summed E-state index contributed by atoms with van der Waals surface area (Å²) in [5.41, 5.74) is 3.08. The molecule has 32 heavy (non-hydrogen) atoms. The van der Waals surface area contributed by atoms with Gasteiger partial charge in [-0.2, -0.15) is 0 Å². The molecule has 0 aliphatic carbocycles. The Labute approximate surface area is 188 Å². The van der Waals surface area contributed by atoms with Crippen LogP contribution in [0.3, 0.4) is 0 Å². The van der Waals surface area contributed by atoms with Crippen LogP contribution >= 0.6 is 11.6 Å². The first-order valence-electron chi connectivity index (χ1n) is 9.54. The molecule has 0 saturated carbocycles. The molecule has 0 bridgehead atoms. The first kappa shape index (κ1) is 24.2. The van der Waals surface area contributed by atoms with Crippen LogP contribution in [-0.2, 0) is 16.4 Å². The van der Waals surface area contributed by atoms with Crippen LogP contribution in [0.1, 0.15) is 22.4 Å². The number of aryl methyl sites for hydroxylation is 2. The number of H-pyrrole nitrogens is 1. The monoisotopic (exact) mass is 490 g/mol. The fraction of sp³-hybridized carbons (Fsp3) is 0.333. The molecule has 174 valence electrons. The van der Waals surface area contributed by atoms with Gasteiger partial charge < -0.3 is 14.5 Å². The van der Waals surface area contributed by atoms with Crippen molar-refractivity contribution in [2.24, 2.45) is 0 Å². The molecule has 0 amide bonds. The van der Waals surface area contributed by atoms with Gasteiger partial charge in [0, 0.05) is 28.2 Å². The smallest absolute Gasteiger partial charge is 0.495 e. The Bertz CT molecular complexity index is 1270. The minimum absolute atomic E-state index is 0.00850. The van der Waals surface area contributed by atoms with Crippen LogP contribution in [0.4, 0.5) is 13.2 Å². The Balaban J connectivity index is 1.86. The van der Waals surface area contributed by atoms with Crippen molar-refractivity contribution in [2.45, 2.75) is 38.4 Å². The van der Waals surface area contributed by atoms with E-state index in [2.05, 4.69) is 14.4 Å². The van der Waals surface area contributed by atoms with Gasteiger partial charge in [-0.15, -0.1) is 13.2 Å². The number of halogens is 4. The van der Waals surface area contributed by atoms with E-state index in [4.69, 9.17) is 16.3 Å². The molecule has 2 aromatic carbocycles. The molecule has 0 atom stereocenters. The number of methoxy groups -OCH3 is 1. The number of aromatic amines is 1. The van der Waals surface area contributed by atoms with E-state index in [1.54, 1.807) is 26.8 Å². The first-order chi connectivity index (χ1) is 14.8. The fourth-order valence-electron chi connectivity index (χ4n) is 3.65. The summed E-state index contributed by atoms with van der Waals surface area (Å²) in [6.07, 6.45) is -4.57. The van der Waals surface area contributed by atoms with Crippen molar-refractivity contribution >= 4 is 32.5 Å². The van der Waals surface area contributed by atoms with Crippen LogP contribution in [0.15, 0.2) is 29.2 Å². The van der Waals surface area contributed by atoms with Crippen LogP contribution in [0.2, 0.25) is 5.02 Å². The van der Waals surface area contributed by atoms with Gasteiger partial charge in [0.05, 0.1) is 7.11 Å². The van der Waals surface area contributed by atoms with E-state index in [-0.39, 0.29) is 29.4 Å². The molecule has 0 radical (unpaired) electrons. The van der Waals surface area contributed by atoms with Gasteiger partial charge in [0.25, 0.3) is 0 Å². The largest absolute Gasteiger partial charge is 0.573 e. The number of hydrogen-bond acceptors (Lipinski definition) is 4. The number of hydrogen-bond donors (Lipinski definition) is 2. The summed E-state index contributed by atoms with van der Waals surface area (Å²) in [5, 5.41) is 0.853. The van der Waals surface area contributed by atoms with Crippen molar-refractivity contribution < 1.29 is 31.1 Å². The van der Waals surface area contributed by atoms with E-state index in [1.165, 1.54) is 25.3 Å². The minimum Gasteiger partial charge on any atom is -0.495 e. The number of sulfonamides is 1. The lowest BCUT2D eigenvalue weighted by Crippen LogP contribution is -2.27. The molecule has 6 nitrogen and oxygen atoms in total. The summed E-state index contributed by atoms with van der Waals surface area (Å²) >= 11 is 6.24. The molecule has 0 spiro atoms. The summed E-state index contributed by atoms with van der Waals surface area (Å²) in [6.45, 7) is 5.12. The van der Waals surface area contributed by atoms with Crippen LogP contribution in [0.5, 0.6) is 11.5 Å². The van der Waals surface area contributed by atoms with Crippen LogP contribution in [-0.4, -0.2) is 33.4 Å². The lowest BCUT2D eigenvalue weighted by Gasteiger charge is -2.16. The normalized spacial score (nSPS) is 12.4. The number of ether oxygens (including phenoxy) is 2. The molecule has 1 heterocycles. The number of alkyl halides is 3. The number of nitrogens with one attached hydrogen (secondary N) is 2. The van der Waals surface area contributed by atoms with Crippen molar-refractivity contribution in [3.63, 3.8) is 0 Å². The molecule has 0 saturated heterocycles. The Kier molecular flexibility index (Phi) is 6.69. The molecule has 3 rings (SSSR count). The van der Waals surface area contributed by atoms with Gasteiger partial charge >= 0.3 is 6.36 Å². The van der Waals surface area contributed by atoms with Gasteiger partial charge in [0.1, 0.15) is 16.4 Å². The highest BCUT2D eigenvalue weighted by Gasteiger charge is 2.31. The Morgan fingerprint density at radius 2 is 1.84 bits per heavy atom. The second kappa shape index (κ2) is 8.84. The van der Waals surface area contributed by atoms with Gasteiger partial charge in [-0.05, 0) is 68.1 Å². The van der Waals surface area contributed by atoms with Gasteiger partial charge in [0.15, 0.2) is 0 Å². The summed E-state index contributed by atoms with van der Waals surface area (Å²) in [7, 11) is -2.60. The second-order valence-electron chi connectivity index (χ2n) is 7.30. The zero-order valence-electron chi connectivity index (χ0n) is 17.8. The maximum Gasteiger partial charge on any atom is 0.573 e. The SMILES string of the molecule is COc1cc(C)c(Cl)c(C)c1S(=O)(=O)NCCc1c(C)[nH]c2ccc(OC(F)(F)F)cc12. The molecule has 3 aromatic rings. The van der Waals surface area contributed by atoms with Gasteiger partial charge in [0.2, 0.25) is 10.0 Å². The highest BCUT2D eigenvalue weighted by atomic mass is 35.5. The van der Waals surface area contributed by atoms with E-state index < -0.39 is 16.4 Å². The van der Waals surface area contributed by atoms with E-state index in [9.17, 15) is 21.6 Å². The van der Waals surface area contributed by atoms with Crippen molar-refractivity contribution in [2.75, 3.05) is 13.7 Å². The maximum atomic E-state index is 13.0. The summed E-state index contributed by atoms with van der Waals surface area (Å²) in [4.78, 5) is 3.04. The number of aromatic nitrogens is 1. The summed E-state index contributed by atoms with van der Waals surface area (Å²) in [5.74, 6) is -0.172. The quantitative estimate of drug-likeness (QED) is 0.478. The third kappa shape index (κ3) is 4.97. The zero-order chi connectivity index (χ0) is 23.8. The van der Waals surface area contributed by atoms with Crippen LogP contribution < -0.4 is 14.2 Å². The second-order valence-corrected chi connectivity index (χ2v) is 9.38. The highest BCUT2D eigenvalue weighted by Crippen LogP contribution is 2.35. The zero-order valence-corrected chi connectivity index (χ0v) is 19.3. The first-order valence-corrected chi connectivity index (χ1v) is 11.4. The lowest BCUT2D eigenvalue weighted by atomic mass is 10.1. The molecule has 11 heteroatoms. The van der Waals surface area contributed by atoms with Crippen LogP contribution in [0, 0.1) is 20.8 Å². The molecule has 0 fully saturated rings. The highest BCUT2D eigenvalue weighted by molar-refractivity contribution is 7.89. The number of benzene rings is 2. The van der Waals surface area contributed by atoms with Crippen molar-refractivity contribution in [3.05, 3.63) is 51.7 Å². The maximum absolute atomic E-state index is 13.0.